The molecule has 0 amide bonds. The summed E-state index contributed by atoms with van der Waals surface area (Å²) in [4.78, 5) is 20.8. The van der Waals surface area contributed by atoms with Crippen LogP contribution in [0.3, 0.4) is 0 Å². The minimum absolute atomic E-state index is 0.0359. The maximum atomic E-state index is 13.7. The molecule has 0 saturated carbocycles. The lowest BCUT2D eigenvalue weighted by molar-refractivity contribution is 0.313. The molecule has 0 spiro atoms. The number of para-hydroxylation sites is 3. The standard InChI is InChI=1S/C25H24N2O3S2/c1-29-19-12-6-7-13-20(19)30-15-16-31-25-26-23-22(18-11-5-8-14-21(18)32-23)24(28)27(25)17-9-3-2-4-10-17/h2-4,6-7,9-10,12-13H,5,8,11,14-16H2,1H3. The summed E-state index contributed by atoms with van der Waals surface area (Å²) in [6, 6.07) is 17.4. The molecular formula is C25H24N2O3S2. The van der Waals surface area contributed by atoms with Gasteiger partial charge >= 0.3 is 0 Å². The van der Waals surface area contributed by atoms with Crippen LogP contribution in [0.1, 0.15) is 23.3 Å². The molecule has 1 aliphatic rings. The van der Waals surface area contributed by atoms with Crippen LogP contribution in [0.25, 0.3) is 15.9 Å². The lowest BCUT2D eigenvalue weighted by Gasteiger charge is -2.14. The summed E-state index contributed by atoms with van der Waals surface area (Å²) in [6.45, 7) is 0.481. The molecule has 0 radical (unpaired) electrons. The molecule has 0 unspecified atom stereocenters. The Morgan fingerprint density at radius 2 is 1.78 bits per heavy atom. The highest BCUT2D eigenvalue weighted by Gasteiger charge is 2.22. The Kier molecular flexibility index (Phi) is 6.19. The van der Waals surface area contributed by atoms with Crippen LogP contribution in [0, 0.1) is 0 Å². The van der Waals surface area contributed by atoms with Crippen molar-refractivity contribution in [2.45, 2.75) is 30.8 Å². The molecule has 5 nitrogen and oxygen atoms in total. The van der Waals surface area contributed by atoms with Crippen molar-refractivity contribution >= 4 is 33.3 Å². The van der Waals surface area contributed by atoms with Crippen LogP contribution >= 0.6 is 23.1 Å². The van der Waals surface area contributed by atoms with Crippen LogP contribution in [0.4, 0.5) is 0 Å². The Bertz CT molecular complexity index is 1300. The van der Waals surface area contributed by atoms with Gasteiger partial charge in [0.1, 0.15) is 4.83 Å². The predicted octanol–water partition coefficient (Wildman–Crippen LogP) is 5.51. The van der Waals surface area contributed by atoms with Crippen LogP contribution in [0.2, 0.25) is 0 Å². The number of methoxy groups -OCH3 is 1. The summed E-state index contributed by atoms with van der Waals surface area (Å²) in [5.74, 6) is 2.08. The number of hydrogen-bond acceptors (Lipinski definition) is 6. The summed E-state index contributed by atoms with van der Waals surface area (Å²) < 4.78 is 13.0. The summed E-state index contributed by atoms with van der Waals surface area (Å²) in [5, 5.41) is 1.51. The zero-order valence-electron chi connectivity index (χ0n) is 17.9. The van der Waals surface area contributed by atoms with Gasteiger partial charge in [-0.05, 0) is 55.5 Å². The SMILES string of the molecule is COc1ccccc1OCCSc1nc2sc3c(c2c(=O)n1-c1ccccc1)CCCC3. The van der Waals surface area contributed by atoms with E-state index in [2.05, 4.69) is 0 Å². The third-order valence-corrected chi connectivity index (χ3v) is 7.70. The zero-order chi connectivity index (χ0) is 21.9. The van der Waals surface area contributed by atoms with Gasteiger partial charge in [0.15, 0.2) is 16.7 Å². The summed E-state index contributed by atoms with van der Waals surface area (Å²) >= 11 is 3.23. The number of thioether (sulfide) groups is 1. The van der Waals surface area contributed by atoms with E-state index in [1.165, 1.54) is 16.9 Å². The average molecular weight is 465 g/mol. The summed E-state index contributed by atoms with van der Waals surface area (Å²) in [5.41, 5.74) is 2.10. The van der Waals surface area contributed by atoms with Crippen molar-refractivity contribution in [3.8, 4) is 17.2 Å². The molecule has 0 bridgehead atoms. The molecule has 7 heteroatoms. The number of aromatic nitrogens is 2. The van der Waals surface area contributed by atoms with Gasteiger partial charge in [0.2, 0.25) is 0 Å². The van der Waals surface area contributed by atoms with Crippen molar-refractivity contribution in [1.82, 2.24) is 9.55 Å². The van der Waals surface area contributed by atoms with E-state index >= 15 is 0 Å². The predicted molar refractivity (Wildman–Crippen MR) is 131 cm³/mol. The molecule has 5 rings (SSSR count). The van der Waals surface area contributed by atoms with Crippen LogP contribution in [0.5, 0.6) is 11.5 Å². The number of hydrogen-bond donors (Lipinski definition) is 0. The molecular weight excluding hydrogens is 440 g/mol. The van der Waals surface area contributed by atoms with Crippen LogP contribution in [-0.4, -0.2) is 29.0 Å². The van der Waals surface area contributed by atoms with Gasteiger partial charge in [0.05, 0.1) is 24.8 Å². The molecule has 2 aromatic carbocycles. The second-order valence-corrected chi connectivity index (χ2v) is 9.76. The maximum Gasteiger partial charge on any atom is 0.267 e. The highest BCUT2D eigenvalue weighted by Crippen LogP contribution is 2.35. The Morgan fingerprint density at radius 3 is 2.59 bits per heavy atom. The van der Waals surface area contributed by atoms with E-state index in [1.54, 1.807) is 34.8 Å². The Morgan fingerprint density at radius 1 is 1.03 bits per heavy atom. The smallest absolute Gasteiger partial charge is 0.267 e. The van der Waals surface area contributed by atoms with Crippen LogP contribution in [0.15, 0.2) is 64.5 Å². The molecule has 2 aromatic heterocycles. The fraction of sp³-hybridized carbons (Fsp3) is 0.280. The number of thiophene rings is 1. The van der Waals surface area contributed by atoms with Gasteiger partial charge in [-0.25, -0.2) is 4.98 Å². The van der Waals surface area contributed by atoms with Crippen molar-refractivity contribution in [2.75, 3.05) is 19.5 Å². The number of aryl methyl sites for hydroxylation is 2. The first-order chi connectivity index (χ1) is 15.8. The molecule has 0 aliphatic heterocycles. The van der Waals surface area contributed by atoms with E-state index in [4.69, 9.17) is 14.5 Å². The molecule has 0 saturated heterocycles. The lowest BCUT2D eigenvalue weighted by Crippen LogP contribution is -2.22. The minimum Gasteiger partial charge on any atom is -0.493 e. The van der Waals surface area contributed by atoms with E-state index in [1.807, 2.05) is 54.6 Å². The van der Waals surface area contributed by atoms with E-state index < -0.39 is 0 Å². The van der Waals surface area contributed by atoms with Gasteiger partial charge in [0.25, 0.3) is 5.56 Å². The first kappa shape index (κ1) is 21.1. The lowest BCUT2D eigenvalue weighted by atomic mass is 9.97. The second kappa shape index (κ2) is 9.38. The summed E-state index contributed by atoms with van der Waals surface area (Å²) in [7, 11) is 1.63. The monoisotopic (exact) mass is 464 g/mol. The topological polar surface area (TPSA) is 53.4 Å². The largest absolute Gasteiger partial charge is 0.493 e. The Hall–Kier alpha value is -2.77. The third-order valence-electron chi connectivity index (χ3n) is 5.61. The zero-order valence-corrected chi connectivity index (χ0v) is 19.5. The number of benzene rings is 2. The van der Waals surface area contributed by atoms with E-state index in [0.717, 1.165) is 35.2 Å². The van der Waals surface area contributed by atoms with Gasteiger partial charge in [-0.1, -0.05) is 42.1 Å². The molecule has 4 aromatic rings. The highest BCUT2D eigenvalue weighted by atomic mass is 32.2. The van der Waals surface area contributed by atoms with Gasteiger partial charge in [0, 0.05) is 10.6 Å². The van der Waals surface area contributed by atoms with Crippen molar-refractivity contribution < 1.29 is 9.47 Å². The first-order valence-corrected chi connectivity index (χ1v) is 12.6. The first-order valence-electron chi connectivity index (χ1n) is 10.8. The van der Waals surface area contributed by atoms with Crippen LogP contribution < -0.4 is 15.0 Å². The van der Waals surface area contributed by atoms with E-state index in [-0.39, 0.29) is 5.56 Å². The Labute approximate surface area is 195 Å². The number of rotatable bonds is 7. The molecule has 32 heavy (non-hydrogen) atoms. The molecule has 164 valence electrons. The molecule has 0 N–H and O–H groups in total. The fourth-order valence-electron chi connectivity index (χ4n) is 4.11. The number of fused-ring (bicyclic) bond motifs is 3. The molecule has 2 heterocycles. The van der Waals surface area contributed by atoms with Crippen LogP contribution in [-0.2, 0) is 12.8 Å². The fourth-order valence-corrected chi connectivity index (χ4v) is 6.24. The quantitative estimate of drug-likeness (QED) is 0.205. The molecule has 0 fully saturated rings. The van der Waals surface area contributed by atoms with Crippen molar-refractivity contribution in [2.24, 2.45) is 0 Å². The van der Waals surface area contributed by atoms with E-state index in [9.17, 15) is 4.79 Å². The van der Waals surface area contributed by atoms with Gasteiger partial charge in [-0.2, -0.15) is 0 Å². The third kappa shape index (κ3) is 4.02. The van der Waals surface area contributed by atoms with Crippen molar-refractivity contribution in [3.05, 3.63) is 75.4 Å². The summed E-state index contributed by atoms with van der Waals surface area (Å²) in [6.07, 6.45) is 4.35. The molecule has 0 atom stereocenters. The number of ether oxygens (including phenoxy) is 2. The van der Waals surface area contributed by atoms with Crippen molar-refractivity contribution in [1.29, 1.82) is 0 Å². The van der Waals surface area contributed by atoms with Gasteiger partial charge in [-0.15, -0.1) is 11.3 Å². The Balaban J connectivity index is 1.47. The van der Waals surface area contributed by atoms with Gasteiger partial charge in [-0.3, -0.25) is 9.36 Å². The normalized spacial score (nSPS) is 13.2. The van der Waals surface area contributed by atoms with Gasteiger partial charge < -0.3 is 9.47 Å². The molecule has 1 aliphatic carbocycles. The van der Waals surface area contributed by atoms with E-state index in [0.29, 0.717) is 29.0 Å². The second-order valence-electron chi connectivity index (χ2n) is 7.61. The van der Waals surface area contributed by atoms with Crippen molar-refractivity contribution in [3.63, 3.8) is 0 Å². The number of nitrogens with zero attached hydrogens (tertiary/aromatic N) is 2. The average Bonchev–Trinajstić information content (AvgIpc) is 3.21. The minimum atomic E-state index is 0.0359. The maximum absolute atomic E-state index is 13.7. The highest BCUT2D eigenvalue weighted by molar-refractivity contribution is 7.99.